The Morgan fingerprint density at radius 2 is 1.79 bits per heavy atom. The van der Waals surface area contributed by atoms with E-state index in [9.17, 15) is 18.0 Å². The minimum Gasteiger partial charge on any atom is -0.358 e. The monoisotopic (exact) mass is 552 g/mol. The van der Waals surface area contributed by atoms with Gasteiger partial charge in [0.25, 0.3) is 11.8 Å². The van der Waals surface area contributed by atoms with Crippen LogP contribution in [0, 0.1) is 13.8 Å². The number of fused-ring (bicyclic) bond motifs is 1. The fourth-order valence-electron chi connectivity index (χ4n) is 4.96. The number of amides is 2. The van der Waals surface area contributed by atoms with Crippen LogP contribution in [0.4, 0.5) is 5.69 Å². The third kappa shape index (κ3) is 4.89. The van der Waals surface area contributed by atoms with Gasteiger partial charge in [0.1, 0.15) is 0 Å². The summed E-state index contributed by atoms with van der Waals surface area (Å²) >= 11 is 6.19. The number of aromatic nitrogens is 1. The Morgan fingerprint density at radius 3 is 2.50 bits per heavy atom. The summed E-state index contributed by atoms with van der Waals surface area (Å²) in [6.45, 7) is 6.68. The lowest BCUT2D eigenvalue weighted by molar-refractivity contribution is -0.110. The molecule has 1 fully saturated rings. The average Bonchev–Trinajstić information content (AvgIpc) is 3.34. The molecule has 0 bridgehead atoms. The van der Waals surface area contributed by atoms with E-state index in [0.29, 0.717) is 51.8 Å². The molecule has 0 saturated carbocycles. The fourth-order valence-corrected chi connectivity index (χ4v) is 6.64. The van der Waals surface area contributed by atoms with Gasteiger partial charge in [0.05, 0.1) is 21.8 Å². The van der Waals surface area contributed by atoms with Gasteiger partial charge < -0.3 is 20.1 Å². The first kappa shape index (κ1) is 26.2. The van der Waals surface area contributed by atoms with Crippen molar-refractivity contribution < 1.29 is 18.0 Å². The number of H-pyrrole nitrogens is 1. The molecule has 198 valence electrons. The third-order valence-electron chi connectivity index (χ3n) is 7.21. The number of nitrogens with one attached hydrogen (secondary N) is 2. The number of nitrogens with zero attached hydrogens (tertiary/aromatic N) is 2. The standard InChI is InChI=1S/C28H29ClN4O4S/c1-17-25(30-18(2)26(17)28(35)33-12-10-32(3)11-13-33)15-22-21-14-20(8-9-24(21)31-27(22)34)38(36,37)16-19-6-4-5-7-23(19)29/h4-9,14-15,30H,10-13,16H2,1-3H3,(H,31,34). The van der Waals surface area contributed by atoms with E-state index < -0.39 is 9.84 Å². The minimum absolute atomic E-state index is 0.0294. The third-order valence-corrected chi connectivity index (χ3v) is 9.24. The van der Waals surface area contributed by atoms with E-state index in [1.165, 1.54) is 12.1 Å². The summed E-state index contributed by atoms with van der Waals surface area (Å²) in [6.07, 6.45) is 1.69. The van der Waals surface area contributed by atoms with Gasteiger partial charge in [-0.25, -0.2) is 8.42 Å². The van der Waals surface area contributed by atoms with E-state index in [2.05, 4.69) is 15.2 Å². The maximum absolute atomic E-state index is 13.3. The molecule has 1 aromatic heterocycles. The lowest BCUT2D eigenvalue weighted by atomic mass is 10.0. The maximum Gasteiger partial charge on any atom is 0.256 e. The summed E-state index contributed by atoms with van der Waals surface area (Å²) in [4.78, 5) is 33.6. The number of carbonyl (C=O) groups is 2. The number of sulfone groups is 1. The van der Waals surface area contributed by atoms with E-state index in [0.717, 1.165) is 24.3 Å². The van der Waals surface area contributed by atoms with Gasteiger partial charge in [-0.3, -0.25) is 9.59 Å². The lowest BCUT2D eigenvalue weighted by Gasteiger charge is -2.32. The molecule has 2 amide bonds. The molecule has 0 radical (unpaired) electrons. The van der Waals surface area contributed by atoms with Crippen LogP contribution in [0.2, 0.25) is 5.02 Å². The molecule has 8 nitrogen and oxygen atoms in total. The molecule has 38 heavy (non-hydrogen) atoms. The second kappa shape index (κ2) is 10.1. The van der Waals surface area contributed by atoms with Crippen molar-refractivity contribution >= 4 is 50.6 Å². The molecule has 0 aliphatic carbocycles. The predicted octanol–water partition coefficient (Wildman–Crippen LogP) is 4.14. The van der Waals surface area contributed by atoms with Crippen molar-refractivity contribution in [3.05, 3.63) is 81.1 Å². The number of likely N-dealkylation sites (N-methyl/N-ethyl adjacent to an activating group) is 1. The second-order valence-corrected chi connectivity index (χ2v) is 12.2. The molecule has 0 unspecified atom stereocenters. The number of hydrogen-bond donors (Lipinski definition) is 2. The molecule has 10 heteroatoms. The van der Waals surface area contributed by atoms with Crippen molar-refractivity contribution in [3.8, 4) is 0 Å². The number of hydrogen-bond acceptors (Lipinski definition) is 5. The van der Waals surface area contributed by atoms with E-state index in [-0.39, 0.29) is 22.5 Å². The van der Waals surface area contributed by atoms with Gasteiger partial charge >= 0.3 is 0 Å². The lowest BCUT2D eigenvalue weighted by Crippen LogP contribution is -2.47. The highest BCUT2D eigenvalue weighted by molar-refractivity contribution is 7.90. The Balaban J connectivity index is 1.48. The average molecular weight is 553 g/mol. The van der Waals surface area contributed by atoms with Crippen molar-refractivity contribution in [1.29, 1.82) is 0 Å². The van der Waals surface area contributed by atoms with Gasteiger partial charge in [0.2, 0.25) is 0 Å². The van der Waals surface area contributed by atoms with Gasteiger partial charge in [-0.15, -0.1) is 0 Å². The van der Waals surface area contributed by atoms with Crippen LogP contribution in [0.1, 0.15) is 38.4 Å². The number of halogens is 1. The van der Waals surface area contributed by atoms with Gasteiger partial charge in [0, 0.05) is 53.8 Å². The number of benzene rings is 2. The van der Waals surface area contributed by atoms with Crippen molar-refractivity contribution in [2.45, 2.75) is 24.5 Å². The Hall–Kier alpha value is -3.40. The SMILES string of the molecule is Cc1[nH]c(C=C2C(=O)Nc3ccc(S(=O)(=O)Cc4ccccc4Cl)cc32)c(C)c1C(=O)N1CCN(C)CC1. The molecular formula is C28H29ClN4O4S. The summed E-state index contributed by atoms with van der Waals surface area (Å²) in [5.74, 6) is -0.615. The normalized spacial score (nSPS) is 17.1. The van der Waals surface area contributed by atoms with E-state index >= 15 is 0 Å². The zero-order valence-electron chi connectivity index (χ0n) is 21.5. The van der Waals surface area contributed by atoms with Crippen LogP contribution >= 0.6 is 11.6 Å². The zero-order valence-corrected chi connectivity index (χ0v) is 23.0. The smallest absolute Gasteiger partial charge is 0.256 e. The van der Waals surface area contributed by atoms with Crippen molar-refractivity contribution in [2.75, 3.05) is 38.5 Å². The van der Waals surface area contributed by atoms with Gasteiger partial charge in [0.15, 0.2) is 9.84 Å². The molecule has 5 rings (SSSR count). The van der Waals surface area contributed by atoms with Crippen LogP contribution in [-0.4, -0.2) is 68.2 Å². The maximum atomic E-state index is 13.3. The first-order chi connectivity index (χ1) is 18.0. The molecule has 1 saturated heterocycles. The number of aryl methyl sites for hydroxylation is 1. The van der Waals surface area contributed by atoms with Crippen LogP contribution in [-0.2, 0) is 20.4 Å². The molecule has 2 aromatic carbocycles. The van der Waals surface area contributed by atoms with Crippen molar-refractivity contribution in [1.82, 2.24) is 14.8 Å². The summed E-state index contributed by atoms with van der Waals surface area (Å²) in [5, 5.41) is 3.19. The summed E-state index contributed by atoms with van der Waals surface area (Å²) < 4.78 is 26.4. The van der Waals surface area contributed by atoms with Crippen LogP contribution in [0.15, 0.2) is 47.4 Å². The van der Waals surface area contributed by atoms with E-state index in [1.54, 1.807) is 36.4 Å². The Labute approximate surface area is 227 Å². The quantitative estimate of drug-likeness (QED) is 0.463. The van der Waals surface area contributed by atoms with Crippen molar-refractivity contribution in [3.63, 3.8) is 0 Å². The van der Waals surface area contributed by atoms with Crippen LogP contribution in [0.3, 0.4) is 0 Å². The van der Waals surface area contributed by atoms with Crippen LogP contribution < -0.4 is 5.32 Å². The molecule has 0 atom stereocenters. The highest BCUT2D eigenvalue weighted by atomic mass is 35.5. The topological polar surface area (TPSA) is 103 Å². The number of anilines is 1. The highest BCUT2D eigenvalue weighted by Crippen LogP contribution is 2.36. The number of rotatable bonds is 5. The fraction of sp³-hybridized carbons (Fsp3) is 0.286. The summed E-state index contributed by atoms with van der Waals surface area (Å²) in [7, 11) is -1.68. The van der Waals surface area contributed by atoms with E-state index in [4.69, 9.17) is 11.6 Å². The predicted molar refractivity (Wildman–Crippen MR) is 149 cm³/mol. The Kier molecular flexibility index (Phi) is 6.94. The van der Waals surface area contributed by atoms with Crippen LogP contribution in [0.5, 0.6) is 0 Å². The number of piperazine rings is 1. The Bertz CT molecular complexity index is 1580. The number of carbonyl (C=O) groups excluding carboxylic acids is 2. The first-order valence-corrected chi connectivity index (χ1v) is 14.4. The van der Waals surface area contributed by atoms with Crippen LogP contribution in [0.25, 0.3) is 11.6 Å². The zero-order chi connectivity index (χ0) is 27.2. The minimum atomic E-state index is -3.72. The summed E-state index contributed by atoms with van der Waals surface area (Å²) in [6, 6.07) is 11.4. The molecule has 3 heterocycles. The molecule has 3 aromatic rings. The molecule has 2 aliphatic rings. The highest BCUT2D eigenvalue weighted by Gasteiger charge is 2.29. The Morgan fingerprint density at radius 1 is 1.08 bits per heavy atom. The molecule has 2 aliphatic heterocycles. The molecule has 0 spiro atoms. The molecular weight excluding hydrogens is 524 g/mol. The molecule has 2 N–H and O–H groups in total. The van der Waals surface area contributed by atoms with E-state index in [1.807, 2.05) is 25.8 Å². The van der Waals surface area contributed by atoms with Gasteiger partial charge in [-0.05, 0) is 62.4 Å². The second-order valence-electron chi connectivity index (χ2n) is 9.83. The van der Waals surface area contributed by atoms with Gasteiger partial charge in [-0.1, -0.05) is 29.8 Å². The summed E-state index contributed by atoms with van der Waals surface area (Å²) in [5.41, 5.74) is 4.60. The largest absolute Gasteiger partial charge is 0.358 e. The first-order valence-electron chi connectivity index (χ1n) is 12.4. The van der Waals surface area contributed by atoms with Crippen molar-refractivity contribution in [2.24, 2.45) is 0 Å². The number of aromatic amines is 1. The van der Waals surface area contributed by atoms with Gasteiger partial charge in [-0.2, -0.15) is 0 Å².